The number of hydrogen-bond acceptors (Lipinski definition) is 6. The molecule has 0 fully saturated rings. The minimum atomic E-state index is -0.230. The second-order valence-corrected chi connectivity index (χ2v) is 7.18. The number of carbonyl (C=O) groups is 1. The Morgan fingerprint density at radius 2 is 2.15 bits per heavy atom. The number of nitrogens with zero attached hydrogens (tertiary/aromatic N) is 3. The summed E-state index contributed by atoms with van der Waals surface area (Å²) in [4.78, 5) is 16.4. The second-order valence-electron chi connectivity index (χ2n) is 6.22. The van der Waals surface area contributed by atoms with Gasteiger partial charge < -0.3 is 9.73 Å². The highest BCUT2D eigenvalue weighted by molar-refractivity contribution is 7.98. The molecule has 0 aliphatic heterocycles. The molecule has 9 heteroatoms. The molecular weight excluding hydrogens is 352 g/mol. The fraction of sp³-hybridized carbons (Fsp3) is 0.412. The second kappa shape index (κ2) is 7.77. The molecule has 1 aliphatic rings. The fourth-order valence-corrected chi connectivity index (χ4v) is 3.78. The summed E-state index contributed by atoms with van der Waals surface area (Å²) >= 11 is 1.47. The zero-order chi connectivity index (χ0) is 17.8. The highest BCUT2D eigenvalue weighted by Crippen LogP contribution is 2.22. The fourth-order valence-electron chi connectivity index (χ4n) is 3.10. The predicted octanol–water partition coefficient (Wildman–Crippen LogP) is 2.61. The molecule has 3 N–H and O–H groups in total. The van der Waals surface area contributed by atoms with Crippen LogP contribution in [0.4, 0.5) is 0 Å². The van der Waals surface area contributed by atoms with E-state index in [0.29, 0.717) is 29.0 Å². The van der Waals surface area contributed by atoms with E-state index < -0.39 is 0 Å². The number of rotatable bonds is 6. The number of aromatic amines is 2. The summed E-state index contributed by atoms with van der Waals surface area (Å²) in [5.74, 6) is 1.37. The van der Waals surface area contributed by atoms with Crippen molar-refractivity contribution in [3.63, 3.8) is 0 Å². The van der Waals surface area contributed by atoms with Gasteiger partial charge in [0, 0.05) is 5.69 Å². The van der Waals surface area contributed by atoms with E-state index in [0.717, 1.165) is 18.5 Å². The molecule has 0 radical (unpaired) electrons. The van der Waals surface area contributed by atoms with Gasteiger partial charge in [-0.3, -0.25) is 15.0 Å². The maximum atomic E-state index is 12.3. The van der Waals surface area contributed by atoms with Crippen molar-refractivity contribution < 1.29 is 9.21 Å². The summed E-state index contributed by atoms with van der Waals surface area (Å²) in [5.41, 5.74) is 3.42. The first-order valence-electron chi connectivity index (χ1n) is 8.69. The predicted molar refractivity (Wildman–Crippen MR) is 95.7 cm³/mol. The molecule has 3 heterocycles. The van der Waals surface area contributed by atoms with Crippen molar-refractivity contribution in [2.24, 2.45) is 0 Å². The number of fused-ring (bicyclic) bond motifs is 1. The van der Waals surface area contributed by atoms with Crippen LogP contribution in [0, 0.1) is 0 Å². The number of amides is 1. The van der Waals surface area contributed by atoms with Gasteiger partial charge in [0.1, 0.15) is 12.1 Å². The van der Waals surface area contributed by atoms with Gasteiger partial charge in [-0.25, -0.2) is 4.98 Å². The topological polar surface area (TPSA) is 112 Å². The molecule has 4 rings (SSSR count). The molecule has 3 aromatic heterocycles. The summed E-state index contributed by atoms with van der Waals surface area (Å²) < 4.78 is 5.62. The number of aryl methyl sites for hydroxylation is 1. The van der Waals surface area contributed by atoms with Crippen molar-refractivity contribution in [2.75, 3.05) is 0 Å². The third-order valence-corrected chi connectivity index (χ3v) is 5.34. The van der Waals surface area contributed by atoms with E-state index in [1.54, 1.807) is 12.1 Å². The van der Waals surface area contributed by atoms with E-state index in [-0.39, 0.29) is 5.91 Å². The van der Waals surface area contributed by atoms with E-state index in [1.165, 1.54) is 48.6 Å². The zero-order valence-corrected chi connectivity index (χ0v) is 15.1. The number of furan rings is 1. The van der Waals surface area contributed by atoms with E-state index in [9.17, 15) is 4.79 Å². The quantitative estimate of drug-likeness (QED) is 0.453. The Morgan fingerprint density at radius 3 is 3.04 bits per heavy atom. The van der Waals surface area contributed by atoms with Crippen LogP contribution in [0.25, 0.3) is 0 Å². The molecule has 136 valence electrons. The Morgan fingerprint density at radius 1 is 1.23 bits per heavy atom. The minimum absolute atomic E-state index is 0.230. The molecule has 0 spiro atoms. The normalized spacial score (nSPS) is 14.0. The largest absolute Gasteiger partial charge is 0.455 e. The van der Waals surface area contributed by atoms with E-state index in [2.05, 4.69) is 30.7 Å². The van der Waals surface area contributed by atoms with Gasteiger partial charge in [0.25, 0.3) is 5.91 Å². The molecule has 8 nitrogen and oxygen atoms in total. The van der Waals surface area contributed by atoms with Crippen LogP contribution in [0.3, 0.4) is 0 Å². The summed E-state index contributed by atoms with van der Waals surface area (Å²) in [7, 11) is 0. The lowest BCUT2D eigenvalue weighted by molar-refractivity contribution is 0.0921. The third-order valence-electron chi connectivity index (χ3n) is 4.44. The first-order chi connectivity index (χ1) is 12.8. The van der Waals surface area contributed by atoms with Gasteiger partial charge in [-0.05, 0) is 43.4 Å². The van der Waals surface area contributed by atoms with E-state index in [1.807, 2.05) is 0 Å². The molecule has 0 saturated carbocycles. The van der Waals surface area contributed by atoms with Gasteiger partial charge in [0.15, 0.2) is 10.9 Å². The molecule has 1 amide bonds. The minimum Gasteiger partial charge on any atom is -0.455 e. The number of carbonyl (C=O) groups excluding carboxylic acids is 1. The first-order valence-corrected chi connectivity index (χ1v) is 9.68. The van der Waals surface area contributed by atoms with Gasteiger partial charge >= 0.3 is 0 Å². The first kappa shape index (κ1) is 16.9. The van der Waals surface area contributed by atoms with Gasteiger partial charge in [-0.15, -0.1) is 0 Å². The summed E-state index contributed by atoms with van der Waals surface area (Å²) in [6, 6.07) is 3.50. The van der Waals surface area contributed by atoms with Crippen LogP contribution >= 0.6 is 11.8 Å². The third kappa shape index (κ3) is 3.82. The highest BCUT2D eigenvalue weighted by Gasteiger charge is 2.17. The smallest absolute Gasteiger partial charge is 0.287 e. The Balaban J connectivity index is 1.33. The molecule has 0 saturated heterocycles. The molecule has 0 unspecified atom stereocenters. The van der Waals surface area contributed by atoms with Crippen molar-refractivity contribution in [3.05, 3.63) is 46.9 Å². The Bertz CT molecular complexity index is 870. The molecule has 1 aliphatic carbocycles. The number of thioether (sulfide) groups is 1. The molecule has 0 atom stereocenters. The van der Waals surface area contributed by atoms with Crippen LogP contribution in [-0.4, -0.2) is 31.3 Å². The van der Waals surface area contributed by atoms with Crippen LogP contribution in [0.5, 0.6) is 0 Å². The van der Waals surface area contributed by atoms with Crippen LogP contribution < -0.4 is 5.32 Å². The highest BCUT2D eigenvalue weighted by atomic mass is 32.2. The maximum absolute atomic E-state index is 12.3. The maximum Gasteiger partial charge on any atom is 0.287 e. The molecule has 3 aromatic rings. The lowest BCUT2D eigenvalue weighted by Crippen LogP contribution is -2.23. The van der Waals surface area contributed by atoms with Crippen LogP contribution in [-0.2, 0) is 25.1 Å². The number of H-pyrrole nitrogens is 2. The summed E-state index contributed by atoms with van der Waals surface area (Å²) in [6.45, 7) is 0.410. The number of hydrogen-bond donors (Lipinski definition) is 3. The van der Waals surface area contributed by atoms with Gasteiger partial charge in [0.05, 0.1) is 18.0 Å². The molecule has 0 aromatic carbocycles. The lowest BCUT2D eigenvalue weighted by atomic mass is 10.1. The van der Waals surface area contributed by atoms with E-state index >= 15 is 0 Å². The van der Waals surface area contributed by atoms with Crippen LogP contribution in [0.2, 0.25) is 0 Å². The van der Waals surface area contributed by atoms with Crippen molar-refractivity contribution in [3.8, 4) is 0 Å². The Labute approximate surface area is 154 Å². The van der Waals surface area contributed by atoms with Crippen molar-refractivity contribution >= 4 is 17.7 Å². The average Bonchev–Trinajstić information content (AvgIpc) is 3.37. The number of aromatic nitrogens is 5. The van der Waals surface area contributed by atoms with Gasteiger partial charge in [0.2, 0.25) is 0 Å². The Hall–Kier alpha value is -2.55. The molecule has 26 heavy (non-hydrogen) atoms. The standard InChI is InChI=1S/C17H20N6O2S/c24-16(15-7-6-11(25-15)9-26-17-19-10-20-23-17)18-8-14-12-4-2-1-3-5-13(12)21-22-14/h6-7,10H,1-5,8-9H2,(H,18,24)(H,21,22)(H,19,20,23). The molecular formula is C17H20N6O2S. The van der Waals surface area contributed by atoms with Crippen LogP contribution in [0.1, 0.15) is 52.5 Å². The van der Waals surface area contributed by atoms with Crippen LogP contribution in [0.15, 0.2) is 28.0 Å². The lowest BCUT2D eigenvalue weighted by Gasteiger charge is -2.04. The molecule has 0 bridgehead atoms. The van der Waals surface area contributed by atoms with Crippen molar-refractivity contribution in [1.29, 1.82) is 0 Å². The van der Waals surface area contributed by atoms with Crippen molar-refractivity contribution in [1.82, 2.24) is 30.7 Å². The van der Waals surface area contributed by atoms with Crippen molar-refractivity contribution in [2.45, 2.75) is 49.6 Å². The Kier molecular flexibility index (Phi) is 5.05. The monoisotopic (exact) mass is 372 g/mol. The van der Waals surface area contributed by atoms with Gasteiger partial charge in [-0.1, -0.05) is 18.2 Å². The number of nitrogens with one attached hydrogen (secondary N) is 3. The SMILES string of the molecule is O=C(NCc1n[nH]c2c1CCCCC2)c1ccc(CSc2ncn[nH]2)o1. The summed E-state index contributed by atoms with van der Waals surface area (Å²) in [5, 5.41) is 17.7. The summed E-state index contributed by atoms with van der Waals surface area (Å²) in [6.07, 6.45) is 7.15. The average molecular weight is 372 g/mol. The van der Waals surface area contributed by atoms with Gasteiger partial charge in [-0.2, -0.15) is 10.2 Å². The van der Waals surface area contributed by atoms with E-state index in [4.69, 9.17) is 4.42 Å². The zero-order valence-electron chi connectivity index (χ0n) is 14.2.